The van der Waals surface area contributed by atoms with Gasteiger partial charge in [-0.15, -0.1) is 0 Å². The number of rotatable bonds is 0. The molecule has 0 N–H and O–H groups in total. The molecule has 1 nitrogen and oxygen atoms in total. The lowest BCUT2D eigenvalue weighted by atomic mass is 9.48. The van der Waals surface area contributed by atoms with E-state index in [1.807, 2.05) is 11.1 Å². The van der Waals surface area contributed by atoms with Crippen molar-refractivity contribution in [2.45, 2.75) is 84.2 Å². The summed E-state index contributed by atoms with van der Waals surface area (Å²) in [5.41, 5.74) is 5.30. The molecule has 1 saturated heterocycles. The molecule has 0 aromatic heterocycles. The van der Waals surface area contributed by atoms with Gasteiger partial charge in [0.1, 0.15) is 0 Å². The van der Waals surface area contributed by atoms with Gasteiger partial charge in [-0.05, 0) is 86.4 Å². The van der Waals surface area contributed by atoms with Gasteiger partial charge in [0, 0.05) is 0 Å². The predicted molar refractivity (Wildman–Crippen MR) is 89.6 cm³/mol. The maximum Gasteiger partial charge on any atom is 0.0919 e. The Hall–Kier alpha value is -0.300. The van der Waals surface area contributed by atoms with Crippen LogP contribution in [0, 0.1) is 28.6 Å². The Morgan fingerprint density at radius 2 is 1.77 bits per heavy atom. The molecule has 1 heteroatoms. The zero-order chi connectivity index (χ0) is 15.2. The minimum absolute atomic E-state index is 0.353. The van der Waals surface area contributed by atoms with Gasteiger partial charge in [0.05, 0.1) is 12.2 Å². The summed E-state index contributed by atoms with van der Waals surface area (Å²) >= 11 is 0. The van der Waals surface area contributed by atoms with Gasteiger partial charge in [-0.3, -0.25) is 0 Å². The zero-order valence-corrected chi connectivity index (χ0v) is 14.7. The standard InChI is InChI=1S/C21H32O/c1-19(2)9-8-16-15-5-4-14-12-21(13-22-21)11-10-20(14,3)18(15)7-6-17(16)19/h14-15,18H,4-13H2,1-3H3/t14-,15+,18-,20-,21+/m0/s1. The number of hydrogen-bond acceptors (Lipinski definition) is 1. The van der Waals surface area contributed by atoms with Crippen LogP contribution in [0.3, 0.4) is 0 Å². The first-order chi connectivity index (χ1) is 10.4. The molecule has 0 bridgehead atoms. The summed E-state index contributed by atoms with van der Waals surface area (Å²) < 4.78 is 5.85. The summed E-state index contributed by atoms with van der Waals surface area (Å²) in [5, 5.41) is 0. The zero-order valence-electron chi connectivity index (χ0n) is 14.7. The molecule has 0 radical (unpaired) electrons. The summed E-state index contributed by atoms with van der Waals surface area (Å²) in [5.74, 6) is 2.87. The molecule has 0 aromatic rings. The van der Waals surface area contributed by atoms with Gasteiger partial charge in [-0.25, -0.2) is 0 Å². The monoisotopic (exact) mass is 300 g/mol. The number of allylic oxidation sites excluding steroid dienone is 2. The predicted octanol–water partition coefficient (Wildman–Crippen LogP) is 5.50. The van der Waals surface area contributed by atoms with Crippen LogP contribution in [0.4, 0.5) is 0 Å². The highest BCUT2D eigenvalue weighted by molar-refractivity contribution is 5.33. The van der Waals surface area contributed by atoms with E-state index in [2.05, 4.69) is 20.8 Å². The molecule has 22 heavy (non-hydrogen) atoms. The molecule has 5 atom stereocenters. The van der Waals surface area contributed by atoms with Crippen LogP contribution in [0.25, 0.3) is 0 Å². The van der Waals surface area contributed by atoms with E-state index >= 15 is 0 Å². The maximum atomic E-state index is 5.85. The highest BCUT2D eigenvalue weighted by atomic mass is 16.6. The van der Waals surface area contributed by atoms with Crippen LogP contribution >= 0.6 is 0 Å². The van der Waals surface area contributed by atoms with Crippen LogP contribution in [-0.2, 0) is 4.74 Å². The summed E-state index contributed by atoms with van der Waals surface area (Å²) in [6.07, 6.45) is 12.8. The van der Waals surface area contributed by atoms with E-state index in [1.165, 1.54) is 57.8 Å². The lowest BCUT2D eigenvalue weighted by Gasteiger charge is -2.57. The third kappa shape index (κ3) is 1.75. The van der Waals surface area contributed by atoms with Crippen LogP contribution in [0.1, 0.15) is 78.6 Å². The second-order valence-electron chi connectivity index (χ2n) is 10.1. The van der Waals surface area contributed by atoms with Crippen molar-refractivity contribution in [1.82, 2.24) is 0 Å². The van der Waals surface area contributed by atoms with Gasteiger partial charge in [0.2, 0.25) is 0 Å². The molecule has 1 aliphatic heterocycles. The van der Waals surface area contributed by atoms with Crippen molar-refractivity contribution in [1.29, 1.82) is 0 Å². The number of fused-ring (bicyclic) bond motifs is 4. The second-order valence-corrected chi connectivity index (χ2v) is 10.1. The fourth-order valence-corrected chi connectivity index (χ4v) is 7.15. The first-order valence-corrected chi connectivity index (χ1v) is 9.80. The second kappa shape index (κ2) is 4.21. The minimum Gasteiger partial charge on any atom is -0.370 e. The molecule has 2 saturated carbocycles. The normalized spacial score (nSPS) is 52.2. The first-order valence-electron chi connectivity index (χ1n) is 9.80. The Morgan fingerprint density at radius 3 is 2.55 bits per heavy atom. The van der Waals surface area contributed by atoms with Crippen molar-refractivity contribution in [2.24, 2.45) is 28.6 Å². The van der Waals surface area contributed by atoms with E-state index in [0.717, 1.165) is 24.4 Å². The van der Waals surface area contributed by atoms with Crippen molar-refractivity contribution >= 4 is 0 Å². The molecule has 0 aromatic carbocycles. The van der Waals surface area contributed by atoms with Gasteiger partial charge in [-0.1, -0.05) is 31.9 Å². The SMILES string of the molecule is CC1(C)CCC2=C1CC[C@H]1[C@@H]2CC[C@H]2C[C@]3(CC[C@@]21C)CO3. The van der Waals surface area contributed by atoms with Gasteiger partial charge >= 0.3 is 0 Å². The number of epoxide rings is 1. The van der Waals surface area contributed by atoms with Crippen LogP contribution in [0.2, 0.25) is 0 Å². The van der Waals surface area contributed by atoms with Gasteiger partial charge < -0.3 is 4.74 Å². The average Bonchev–Trinajstić information content (AvgIpc) is 3.17. The van der Waals surface area contributed by atoms with Crippen LogP contribution in [0.15, 0.2) is 11.1 Å². The molecule has 3 fully saturated rings. The van der Waals surface area contributed by atoms with Gasteiger partial charge in [-0.2, -0.15) is 0 Å². The van der Waals surface area contributed by atoms with E-state index in [9.17, 15) is 0 Å². The number of ether oxygens (including phenoxy) is 1. The highest BCUT2D eigenvalue weighted by Gasteiger charge is 2.59. The molecular formula is C21H32O. The molecule has 4 aliphatic carbocycles. The van der Waals surface area contributed by atoms with E-state index in [4.69, 9.17) is 4.74 Å². The van der Waals surface area contributed by atoms with Crippen molar-refractivity contribution in [2.75, 3.05) is 6.61 Å². The fourth-order valence-electron chi connectivity index (χ4n) is 7.15. The molecule has 122 valence electrons. The third-order valence-corrected chi connectivity index (χ3v) is 8.76. The van der Waals surface area contributed by atoms with E-state index in [1.54, 1.807) is 0 Å². The molecule has 0 unspecified atom stereocenters. The topological polar surface area (TPSA) is 12.5 Å². The van der Waals surface area contributed by atoms with Crippen molar-refractivity contribution in [3.63, 3.8) is 0 Å². The smallest absolute Gasteiger partial charge is 0.0919 e. The lowest BCUT2D eigenvalue weighted by molar-refractivity contribution is -0.0547. The van der Waals surface area contributed by atoms with Gasteiger partial charge in [0.25, 0.3) is 0 Å². The largest absolute Gasteiger partial charge is 0.370 e. The van der Waals surface area contributed by atoms with Crippen LogP contribution in [0.5, 0.6) is 0 Å². The third-order valence-electron chi connectivity index (χ3n) is 8.76. The molecule has 5 aliphatic rings. The lowest BCUT2D eigenvalue weighted by Crippen LogP contribution is -2.50. The molecule has 1 heterocycles. The Balaban J connectivity index is 1.47. The quantitative estimate of drug-likeness (QED) is 0.425. The van der Waals surface area contributed by atoms with Crippen LogP contribution < -0.4 is 0 Å². The number of hydrogen-bond donors (Lipinski definition) is 0. The fraction of sp³-hybridized carbons (Fsp3) is 0.905. The molecule has 0 amide bonds. The Bertz CT molecular complexity index is 538. The van der Waals surface area contributed by atoms with E-state index < -0.39 is 0 Å². The van der Waals surface area contributed by atoms with Gasteiger partial charge in [0.15, 0.2) is 0 Å². The van der Waals surface area contributed by atoms with E-state index in [-0.39, 0.29) is 0 Å². The first kappa shape index (κ1) is 14.1. The van der Waals surface area contributed by atoms with Crippen molar-refractivity contribution in [3.05, 3.63) is 11.1 Å². The minimum atomic E-state index is 0.353. The molecule has 1 spiro atoms. The molecular weight excluding hydrogens is 268 g/mol. The summed E-state index contributed by atoms with van der Waals surface area (Å²) in [6.45, 7) is 8.72. The van der Waals surface area contributed by atoms with E-state index in [0.29, 0.717) is 16.4 Å². The summed E-state index contributed by atoms with van der Waals surface area (Å²) in [4.78, 5) is 0. The summed E-state index contributed by atoms with van der Waals surface area (Å²) in [6, 6.07) is 0. The highest BCUT2D eigenvalue weighted by Crippen LogP contribution is 2.65. The molecule has 5 rings (SSSR count). The Morgan fingerprint density at radius 1 is 0.955 bits per heavy atom. The van der Waals surface area contributed by atoms with Crippen LogP contribution in [-0.4, -0.2) is 12.2 Å². The summed E-state index contributed by atoms with van der Waals surface area (Å²) in [7, 11) is 0. The van der Waals surface area contributed by atoms with Crippen molar-refractivity contribution < 1.29 is 4.74 Å². The Kier molecular flexibility index (Phi) is 2.69. The average molecular weight is 300 g/mol. The Labute approximate surface area is 135 Å². The maximum absolute atomic E-state index is 5.85. The van der Waals surface area contributed by atoms with Crippen molar-refractivity contribution in [3.8, 4) is 0 Å².